The summed E-state index contributed by atoms with van der Waals surface area (Å²) in [5, 5.41) is 4.22. The van der Waals surface area contributed by atoms with E-state index in [4.69, 9.17) is 15.0 Å². The summed E-state index contributed by atoms with van der Waals surface area (Å²) < 4.78 is 0.967. The van der Waals surface area contributed by atoms with Crippen molar-refractivity contribution in [1.29, 1.82) is 0 Å². The van der Waals surface area contributed by atoms with Gasteiger partial charge in [0.15, 0.2) is 0 Å². The number of piperazine rings is 1. The van der Waals surface area contributed by atoms with Crippen LogP contribution in [0.25, 0.3) is 20.8 Å². The molecule has 3 saturated heterocycles. The van der Waals surface area contributed by atoms with Crippen LogP contribution in [-0.4, -0.2) is 104 Å². The van der Waals surface area contributed by atoms with E-state index >= 15 is 0 Å². The predicted octanol–water partition coefficient (Wildman–Crippen LogP) is 4.57. The van der Waals surface area contributed by atoms with Gasteiger partial charge in [0.2, 0.25) is 11.9 Å². The van der Waals surface area contributed by atoms with Crippen molar-refractivity contribution in [2.75, 3.05) is 50.0 Å². The Morgan fingerprint density at radius 2 is 1.87 bits per heavy atom. The van der Waals surface area contributed by atoms with Crippen LogP contribution in [0.2, 0.25) is 0 Å². The number of piperidine rings is 1. The zero-order valence-corrected chi connectivity index (χ0v) is 27.0. The minimum atomic E-state index is -0.0173. The number of likely N-dealkylation sites (tertiary alicyclic amines) is 2. The van der Waals surface area contributed by atoms with Crippen LogP contribution in [0.3, 0.4) is 0 Å². The van der Waals surface area contributed by atoms with Crippen LogP contribution in [0.4, 0.5) is 17.6 Å². The third-order valence-corrected chi connectivity index (χ3v) is 10.6. The number of nitrogens with zero attached hydrogens (tertiary/aromatic N) is 8. The van der Waals surface area contributed by atoms with Crippen molar-refractivity contribution < 1.29 is 9.59 Å². The summed E-state index contributed by atoms with van der Waals surface area (Å²) in [6.07, 6.45) is 4.58. The van der Waals surface area contributed by atoms with Gasteiger partial charge < -0.3 is 20.0 Å². The van der Waals surface area contributed by atoms with Gasteiger partial charge in [0, 0.05) is 93.4 Å². The molecule has 0 radical (unpaired) electrons. The Morgan fingerprint density at radius 1 is 1.04 bits per heavy atom. The Bertz CT molecular complexity index is 1750. The van der Waals surface area contributed by atoms with Crippen molar-refractivity contribution in [2.45, 2.75) is 58.2 Å². The van der Waals surface area contributed by atoms with Crippen LogP contribution >= 0.6 is 11.3 Å². The van der Waals surface area contributed by atoms with Gasteiger partial charge in [0.05, 0.1) is 10.2 Å². The number of nitrogens with one attached hydrogen (secondary N) is 1. The molecule has 1 N–H and O–H groups in total. The van der Waals surface area contributed by atoms with Crippen molar-refractivity contribution in [3.8, 4) is 10.6 Å². The van der Waals surface area contributed by atoms with Gasteiger partial charge in [-0.3, -0.25) is 14.5 Å². The number of carbonyl (C=O) groups is 2. The fraction of sp³-hybridized carbons (Fsp3) is 0.455. The number of rotatable bonds is 7. The highest BCUT2D eigenvalue weighted by atomic mass is 32.1. The fourth-order valence-electron chi connectivity index (χ4n) is 7.01. The summed E-state index contributed by atoms with van der Waals surface area (Å²) >= 11 is 1.56. The second kappa shape index (κ2) is 12.0. The van der Waals surface area contributed by atoms with Crippen LogP contribution in [0.5, 0.6) is 0 Å². The van der Waals surface area contributed by atoms with Crippen LogP contribution in [0.1, 0.15) is 49.2 Å². The van der Waals surface area contributed by atoms with E-state index in [9.17, 15) is 9.59 Å². The SMILES string of the molecule is CCN1CC2CC1CN2c1nc(C)cc(Nc2cc3nc(-c4cccc(C(=O)N(C)C5CCN(C(C)=O)CC5)c4)sc3cn2)n1. The molecule has 3 fully saturated rings. The topological polar surface area (TPSA) is 111 Å². The van der Waals surface area contributed by atoms with E-state index < -0.39 is 0 Å². The number of benzene rings is 1. The van der Waals surface area contributed by atoms with E-state index in [-0.39, 0.29) is 17.9 Å². The first-order valence-corrected chi connectivity index (χ1v) is 16.6. The molecule has 11 nitrogen and oxygen atoms in total. The molecule has 3 aromatic heterocycles. The van der Waals surface area contributed by atoms with Gasteiger partial charge in [0.1, 0.15) is 16.6 Å². The Kier molecular flexibility index (Phi) is 7.86. The smallest absolute Gasteiger partial charge is 0.253 e. The molecule has 234 valence electrons. The number of amides is 2. The Morgan fingerprint density at radius 3 is 2.60 bits per heavy atom. The second-order valence-corrected chi connectivity index (χ2v) is 13.4. The van der Waals surface area contributed by atoms with E-state index in [1.54, 1.807) is 18.3 Å². The summed E-state index contributed by atoms with van der Waals surface area (Å²) in [7, 11) is 1.86. The minimum absolute atomic E-state index is 0.0173. The van der Waals surface area contributed by atoms with Crippen molar-refractivity contribution in [3.05, 3.63) is 53.9 Å². The van der Waals surface area contributed by atoms with Crippen molar-refractivity contribution in [3.63, 3.8) is 0 Å². The molecular formula is C33H39N9O2S. The monoisotopic (exact) mass is 625 g/mol. The van der Waals surface area contributed by atoms with E-state index in [2.05, 4.69) is 27.0 Å². The molecule has 3 aliphatic heterocycles. The molecule has 2 atom stereocenters. The number of carbonyl (C=O) groups excluding carboxylic acids is 2. The Balaban J connectivity index is 1.06. The number of aryl methyl sites for hydroxylation is 1. The van der Waals surface area contributed by atoms with Crippen LogP contribution in [-0.2, 0) is 4.79 Å². The highest BCUT2D eigenvalue weighted by molar-refractivity contribution is 7.21. The summed E-state index contributed by atoms with van der Waals surface area (Å²) in [6.45, 7) is 10.3. The van der Waals surface area contributed by atoms with Gasteiger partial charge in [-0.1, -0.05) is 19.1 Å². The molecule has 7 rings (SSSR count). The van der Waals surface area contributed by atoms with Gasteiger partial charge >= 0.3 is 0 Å². The number of anilines is 3. The molecule has 1 aromatic carbocycles. The lowest BCUT2D eigenvalue weighted by atomic mass is 10.0. The zero-order chi connectivity index (χ0) is 31.2. The Hall–Kier alpha value is -4.16. The van der Waals surface area contributed by atoms with Crippen molar-refractivity contribution in [1.82, 2.24) is 34.6 Å². The average Bonchev–Trinajstić information content (AvgIpc) is 3.78. The van der Waals surface area contributed by atoms with Gasteiger partial charge in [-0.15, -0.1) is 11.3 Å². The van der Waals surface area contributed by atoms with E-state index in [0.29, 0.717) is 36.6 Å². The molecule has 45 heavy (non-hydrogen) atoms. The average molecular weight is 626 g/mol. The van der Waals surface area contributed by atoms with Gasteiger partial charge in [0.25, 0.3) is 5.91 Å². The fourth-order valence-corrected chi connectivity index (χ4v) is 7.92. The molecule has 2 amide bonds. The number of hydrogen-bond donors (Lipinski definition) is 1. The van der Waals surface area contributed by atoms with Gasteiger partial charge in [-0.2, -0.15) is 4.98 Å². The third kappa shape index (κ3) is 5.84. The maximum absolute atomic E-state index is 13.4. The lowest BCUT2D eigenvalue weighted by Gasteiger charge is -2.36. The van der Waals surface area contributed by atoms with Gasteiger partial charge in [-0.25, -0.2) is 15.0 Å². The summed E-state index contributed by atoms with van der Waals surface area (Å²) in [4.78, 5) is 52.9. The highest BCUT2D eigenvalue weighted by Crippen LogP contribution is 2.34. The molecule has 0 spiro atoms. The molecule has 4 aromatic rings. The van der Waals surface area contributed by atoms with Crippen LogP contribution < -0.4 is 10.2 Å². The first kappa shape index (κ1) is 29.5. The number of hydrogen-bond acceptors (Lipinski definition) is 10. The Labute approximate surface area is 267 Å². The maximum atomic E-state index is 13.4. The van der Waals surface area contributed by atoms with Crippen molar-refractivity contribution in [2.24, 2.45) is 0 Å². The normalized spacial score (nSPS) is 20.3. The highest BCUT2D eigenvalue weighted by Gasteiger charge is 2.43. The molecule has 2 bridgehead atoms. The number of likely N-dealkylation sites (N-methyl/N-ethyl adjacent to an activating group) is 1. The number of thiazole rings is 1. The van der Waals surface area contributed by atoms with Crippen LogP contribution in [0, 0.1) is 6.92 Å². The third-order valence-electron chi connectivity index (χ3n) is 9.53. The molecular weight excluding hydrogens is 586 g/mol. The molecule has 2 unspecified atom stereocenters. The quantitative estimate of drug-likeness (QED) is 0.316. The summed E-state index contributed by atoms with van der Waals surface area (Å²) in [6, 6.07) is 12.7. The standard InChI is InChI=1S/C33H39N9O2S/c1-5-40-18-26-15-25(40)19-42(26)33-35-20(2)13-30(38-33)37-29-16-27-28(17-34-29)45-31(36-27)22-7-6-8-23(14-22)32(44)39(4)24-9-11-41(12-10-24)21(3)43/h6-8,13-14,16-17,24-26H,5,9-12,15,18-19H2,1-4H3,(H,34,35,37,38). The number of aromatic nitrogens is 4. The predicted molar refractivity (Wildman–Crippen MR) is 177 cm³/mol. The van der Waals surface area contributed by atoms with E-state index in [1.807, 2.05) is 66.4 Å². The van der Waals surface area contributed by atoms with Crippen LogP contribution in [0.15, 0.2) is 42.6 Å². The molecule has 3 aliphatic rings. The maximum Gasteiger partial charge on any atom is 0.253 e. The number of pyridine rings is 1. The molecule has 0 aliphatic carbocycles. The lowest BCUT2D eigenvalue weighted by Crippen LogP contribution is -2.46. The largest absolute Gasteiger partial charge is 0.343 e. The van der Waals surface area contributed by atoms with E-state index in [1.165, 1.54) is 6.42 Å². The zero-order valence-electron chi connectivity index (χ0n) is 26.2. The lowest BCUT2D eigenvalue weighted by molar-refractivity contribution is -0.130. The number of fused-ring (bicyclic) bond motifs is 3. The summed E-state index contributed by atoms with van der Waals surface area (Å²) in [5.41, 5.74) is 3.28. The molecule has 6 heterocycles. The van der Waals surface area contributed by atoms with Crippen molar-refractivity contribution >= 4 is 51.0 Å². The first-order chi connectivity index (χ1) is 21.7. The van der Waals surface area contributed by atoms with E-state index in [0.717, 1.165) is 70.7 Å². The van der Waals surface area contributed by atoms with Gasteiger partial charge in [-0.05, 0) is 44.9 Å². The summed E-state index contributed by atoms with van der Waals surface area (Å²) in [5.74, 6) is 2.24. The molecule has 12 heteroatoms. The molecule has 0 saturated carbocycles. The minimum Gasteiger partial charge on any atom is -0.343 e. The first-order valence-electron chi connectivity index (χ1n) is 15.8. The second-order valence-electron chi connectivity index (χ2n) is 12.4.